The number of halogens is 1. The lowest BCUT2D eigenvalue weighted by atomic mass is 10.0. The van der Waals surface area contributed by atoms with Crippen molar-refractivity contribution >= 4 is 29.1 Å². The second-order valence-corrected chi connectivity index (χ2v) is 7.75. The first-order chi connectivity index (χ1) is 14.6. The lowest BCUT2D eigenvalue weighted by molar-refractivity contribution is -0.121. The fraction of sp³-hybridized carbons (Fsp3) is 0.261. The smallest absolute Gasteiger partial charge is 0.246 e. The van der Waals surface area contributed by atoms with Gasteiger partial charge in [-0.2, -0.15) is 0 Å². The molecule has 154 valence electrons. The molecule has 1 saturated heterocycles. The minimum Gasteiger partial charge on any atom is -0.338 e. The second-order valence-electron chi connectivity index (χ2n) is 7.34. The van der Waals surface area contributed by atoms with Crippen molar-refractivity contribution in [1.29, 1.82) is 0 Å². The highest BCUT2D eigenvalue weighted by molar-refractivity contribution is 6.31. The van der Waals surface area contributed by atoms with E-state index < -0.39 is 0 Å². The molecule has 0 saturated carbocycles. The van der Waals surface area contributed by atoms with Crippen molar-refractivity contribution in [1.82, 2.24) is 14.9 Å². The van der Waals surface area contributed by atoms with Crippen molar-refractivity contribution in [3.05, 3.63) is 83.1 Å². The molecule has 1 aromatic heterocycles. The molecule has 7 heteroatoms. The first kappa shape index (κ1) is 20.3. The van der Waals surface area contributed by atoms with E-state index in [2.05, 4.69) is 25.1 Å². The van der Waals surface area contributed by atoms with Gasteiger partial charge in [-0.25, -0.2) is 9.97 Å². The summed E-state index contributed by atoms with van der Waals surface area (Å²) in [5, 5.41) is 3.68. The van der Waals surface area contributed by atoms with Crippen LogP contribution in [0.2, 0.25) is 5.02 Å². The number of carbonyl (C=O) groups is 1. The maximum absolute atomic E-state index is 13.3. The molecular formula is C23H24ClN5O. The number of aryl methyl sites for hydroxylation is 1. The zero-order valence-electron chi connectivity index (χ0n) is 16.8. The molecule has 1 aliphatic heterocycles. The van der Waals surface area contributed by atoms with Crippen molar-refractivity contribution in [2.24, 2.45) is 0 Å². The fourth-order valence-corrected chi connectivity index (χ4v) is 3.86. The molecule has 1 fully saturated rings. The number of piperazine rings is 1. The maximum atomic E-state index is 13.3. The first-order valence-corrected chi connectivity index (χ1v) is 10.4. The molecule has 1 N–H and O–H groups in total. The third-order valence-corrected chi connectivity index (χ3v) is 5.72. The summed E-state index contributed by atoms with van der Waals surface area (Å²) in [5.74, 6) is 0.665. The summed E-state index contributed by atoms with van der Waals surface area (Å²) < 4.78 is 0. The van der Waals surface area contributed by atoms with Crippen LogP contribution >= 0.6 is 11.6 Å². The van der Waals surface area contributed by atoms with Crippen LogP contribution in [-0.2, 0) is 4.79 Å². The van der Waals surface area contributed by atoms with Crippen molar-refractivity contribution in [2.75, 3.05) is 36.4 Å². The zero-order chi connectivity index (χ0) is 20.9. The highest BCUT2D eigenvalue weighted by Crippen LogP contribution is 2.26. The number of hydrogen-bond donors (Lipinski definition) is 1. The maximum Gasteiger partial charge on any atom is 0.246 e. The van der Waals surface area contributed by atoms with E-state index in [0.29, 0.717) is 10.7 Å². The quantitative estimate of drug-likeness (QED) is 0.676. The number of aromatic nitrogens is 2. The highest BCUT2D eigenvalue weighted by atomic mass is 35.5. The van der Waals surface area contributed by atoms with Gasteiger partial charge >= 0.3 is 0 Å². The van der Waals surface area contributed by atoms with Gasteiger partial charge in [0.2, 0.25) is 11.9 Å². The van der Waals surface area contributed by atoms with Crippen molar-refractivity contribution < 1.29 is 4.79 Å². The monoisotopic (exact) mass is 421 g/mol. The van der Waals surface area contributed by atoms with Crippen LogP contribution in [0.15, 0.2) is 67.0 Å². The number of nitrogens with zero attached hydrogens (tertiary/aromatic N) is 4. The molecule has 4 rings (SSSR count). The number of anilines is 2. The Bertz CT molecular complexity index is 991. The molecule has 0 unspecified atom stereocenters. The number of carbonyl (C=O) groups excluding carboxylic acids is 1. The van der Waals surface area contributed by atoms with Gasteiger partial charge in [-0.05, 0) is 36.2 Å². The molecule has 0 radical (unpaired) electrons. The van der Waals surface area contributed by atoms with Crippen LogP contribution in [-0.4, -0.2) is 47.0 Å². The Balaban J connectivity index is 1.52. The molecule has 2 heterocycles. The fourth-order valence-electron chi connectivity index (χ4n) is 3.68. The van der Waals surface area contributed by atoms with Crippen molar-refractivity contribution in [3.63, 3.8) is 0 Å². The number of nitrogens with one attached hydrogen (secondary N) is 1. The summed E-state index contributed by atoms with van der Waals surface area (Å²) >= 11 is 6.24. The standard InChI is InChI=1S/C23H24ClN5O/c1-17-8-9-19(16-20(17)24)27-22(30)21(18-6-3-2-4-7-18)28-12-14-29(15-13-28)23-25-10-5-11-26-23/h2-11,16,21H,12-15H2,1H3,(H,27,30)/t21-/m1/s1. The first-order valence-electron chi connectivity index (χ1n) is 10.00. The molecule has 0 spiro atoms. The Hall–Kier alpha value is -2.96. The molecule has 3 aromatic rings. The predicted octanol–water partition coefficient (Wildman–Crippen LogP) is 3.94. The summed E-state index contributed by atoms with van der Waals surface area (Å²) in [4.78, 5) is 26.4. The minimum atomic E-state index is -0.384. The Labute approximate surface area is 181 Å². The lowest BCUT2D eigenvalue weighted by Crippen LogP contribution is -2.50. The molecule has 2 aromatic carbocycles. The SMILES string of the molecule is Cc1ccc(NC(=O)[C@@H](c2ccccc2)N2CCN(c3ncccn3)CC2)cc1Cl. The van der Waals surface area contributed by atoms with Crippen LogP contribution in [0.3, 0.4) is 0 Å². The minimum absolute atomic E-state index is 0.0643. The van der Waals surface area contributed by atoms with Gasteiger partial charge in [-0.15, -0.1) is 0 Å². The number of benzene rings is 2. The van der Waals surface area contributed by atoms with Crippen molar-refractivity contribution in [2.45, 2.75) is 13.0 Å². The summed E-state index contributed by atoms with van der Waals surface area (Å²) in [6, 6.07) is 16.9. The van der Waals surface area contributed by atoms with Crippen LogP contribution in [0.1, 0.15) is 17.2 Å². The zero-order valence-corrected chi connectivity index (χ0v) is 17.6. The van der Waals surface area contributed by atoms with Gasteiger partial charge in [0.05, 0.1) is 0 Å². The van der Waals surface area contributed by atoms with E-state index in [-0.39, 0.29) is 11.9 Å². The Morgan fingerprint density at radius 2 is 1.70 bits per heavy atom. The molecular weight excluding hydrogens is 398 g/mol. The van der Waals surface area contributed by atoms with Gasteiger partial charge in [0, 0.05) is 49.3 Å². The van der Waals surface area contributed by atoms with Gasteiger partial charge in [0.1, 0.15) is 6.04 Å². The molecule has 1 amide bonds. The topological polar surface area (TPSA) is 61.4 Å². The normalized spacial score (nSPS) is 15.6. The summed E-state index contributed by atoms with van der Waals surface area (Å²) in [6.45, 7) is 4.93. The number of amides is 1. The predicted molar refractivity (Wildman–Crippen MR) is 120 cm³/mol. The molecule has 0 bridgehead atoms. The average molecular weight is 422 g/mol. The number of rotatable bonds is 5. The van der Waals surface area contributed by atoms with Crippen LogP contribution in [0.25, 0.3) is 0 Å². The van der Waals surface area contributed by atoms with Gasteiger partial charge in [-0.3, -0.25) is 9.69 Å². The van der Waals surface area contributed by atoms with Gasteiger partial charge in [-0.1, -0.05) is 48.0 Å². The van der Waals surface area contributed by atoms with Crippen LogP contribution in [0.5, 0.6) is 0 Å². The second kappa shape index (κ2) is 9.24. The van der Waals surface area contributed by atoms with Crippen LogP contribution in [0.4, 0.5) is 11.6 Å². The van der Waals surface area contributed by atoms with Crippen LogP contribution < -0.4 is 10.2 Å². The summed E-state index contributed by atoms with van der Waals surface area (Å²) in [5.41, 5.74) is 2.65. The van der Waals surface area contributed by atoms with E-state index in [1.54, 1.807) is 18.5 Å². The van der Waals surface area contributed by atoms with Crippen LogP contribution in [0, 0.1) is 6.92 Å². The van der Waals surface area contributed by atoms with E-state index in [0.717, 1.165) is 43.3 Å². The van der Waals surface area contributed by atoms with E-state index in [9.17, 15) is 4.79 Å². The average Bonchev–Trinajstić information content (AvgIpc) is 2.78. The Morgan fingerprint density at radius 3 is 2.37 bits per heavy atom. The lowest BCUT2D eigenvalue weighted by Gasteiger charge is -2.38. The third-order valence-electron chi connectivity index (χ3n) is 5.32. The summed E-state index contributed by atoms with van der Waals surface area (Å²) in [6.07, 6.45) is 3.50. The molecule has 6 nitrogen and oxygen atoms in total. The van der Waals surface area contributed by atoms with E-state index in [1.807, 2.05) is 55.5 Å². The van der Waals surface area contributed by atoms with Gasteiger partial charge in [0.25, 0.3) is 0 Å². The molecule has 1 atom stereocenters. The van der Waals surface area contributed by atoms with E-state index >= 15 is 0 Å². The van der Waals surface area contributed by atoms with Gasteiger partial charge < -0.3 is 10.2 Å². The van der Waals surface area contributed by atoms with Gasteiger partial charge in [0.15, 0.2) is 0 Å². The Kier molecular flexibility index (Phi) is 6.26. The van der Waals surface area contributed by atoms with E-state index in [4.69, 9.17) is 11.6 Å². The van der Waals surface area contributed by atoms with E-state index in [1.165, 1.54) is 0 Å². The van der Waals surface area contributed by atoms with Crippen molar-refractivity contribution in [3.8, 4) is 0 Å². The number of hydrogen-bond acceptors (Lipinski definition) is 5. The third kappa shape index (κ3) is 4.61. The summed E-state index contributed by atoms with van der Waals surface area (Å²) in [7, 11) is 0. The molecule has 30 heavy (non-hydrogen) atoms. The highest BCUT2D eigenvalue weighted by Gasteiger charge is 2.31. The molecule has 0 aliphatic carbocycles. The Morgan fingerprint density at radius 1 is 1.00 bits per heavy atom. The molecule has 1 aliphatic rings. The largest absolute Gasteiger partial charge is 0.338 e.